The fourth-order valence-electron chi connectivity index (χ4n) is 2.85. The van der Waals surface area contributed by atoms with Gasteiger partial charge < -0.3 is 14.7 Å². The van der Waals surface area contributed by atoms with Crippen LogP contribution in [0.25, 0.3) is 33.8 Å². The molecule has 0 fully saturated rings. The molecule has 6 nitrogen and oxygen atoms in total. The van der Waals surface area contributed by atoms with Crippen LogP contribution in [0, 0.1) is 11.3 Å². The van der Waals surface area contributed by atoms with Crippen molar-refractivity contribution in [1.82, 2.24) is 15.2 Å². The number of aromatic amines is 1. The third kappa shape index (κ3) is 2.91. The maximum atomic E-state index is 9.41. The lowest BCUT2D eigenvalue weighted by molar-refractivity contribution is 0.584. The number of H-pyrrole nitrogens is 1. The maximum Gasteiger partial charge on any atom is 0.248 e. The van der Waals surface area contributed by atoms with Gasteiger partial charge in [-0.1, -0.05) is 0 Å². The second-order valence-electron chi connectivity index (χ2n) is 6.36. The van der Waals surface area contributed by atoms with Crippen molar-refractivity contribution < 1.29 is 4.42 Å². The molecule has 4 rings (SSSR count). The number of hydrogen-bond donors (Lipinski definition) is 2. The van der Waals surface area contributed by atoms with Gasteiger partial charge in [-0.25, -0.2) is 0 Å². The van der Waals surface area contributed by atoms with E-state index in [-0.39, 0.29) is 6.04 Å². The monoisotopic (exact) mass is 343 g/mol. The molecule has 0 amide bonds. The highest BCUT2D eigenvalue weighted by molar-refractivity contribution is 5.83. The number of nitrogens with one attached hydrogen (secondary N) is 2. The number of benzene rings is 2. The van der Waals surface area contributed by atoms with Gasteiger partial charge in [0.15, 0.2) is 0 Å². The van der Waals surface area contributed by atoms with Crippen molar-refractivity contribution in [3.63, 3.8) is 0 Å². The van der Waals surface area contributed by atoms with Crippen LogP contribution < -0.4 is 5.32 Å². The smallest absolute Gasteiger partial charge is 0.248 e. The zero-order valence-corrected chi connectivity index (χ0v) is 14.4. The molecule has 2 N–H and O–H groups in total. The minimum Gasteiger partial charge on any atom is -0.416 e. The van der Waals surface area contributed by atoms with E-state index in [0.717, 1.165) is 27.7 Å². The molecule has 0 unspecified atom stereocenters. The summed E-state index contributed by atoms with van der Waals surface area (Å²) in [5, 5.41) is 22.0. The predicted octanol–water partition coefficient (Wildman–Crippen LogP) is 4.58. The molecule has 2 aromatic carbocycles. The molecule has 0 aliphatic rings. The highest BCUT2D eigenvalue weighted by Gasteiger charge is 2.13. The van der Waals surface area contributed by atoms with Crippen LogP contribution in [-0.2, 0) is 0 Å². The van der Waals surface area contributed by atoms with Crippen molar-refractivity contribution in [3.8, 4) is 29.0 Å². The Balaban J connectivity index is 1.68. The first-order valence-electron chi connectivity index (χ1n) is 8.36. The van der Waals surface area contributed by atoms with E-state index in [1.165, 1.54) is 0 Å². The second-order valence-corrected chi connectivity index (χ2v) is 6.36. The Labute approximate surface area is 150 Å². The van der Waals surface area contributed by atoms with Crippen LogP contribution in [0.5, 0.6) is 0 Å². The van der Waals surface area contributed by atoms with Crippen molar-refractivity contribution in [3.05, 3.63) is 54.2 Å². The lowest BCUT2D eigenvalue weighted by Crippen LogP contribution is -2.10. The largest absolute Gasteiger partial charge is 0.416 e. The molecule has 0 saturated carbocycles. The number of rotatable bonds is 4. The molecule has 0 bridgehead atoms. The average Bonchev–Trinajstić information content (AvgIpc) is 3.30. The predicted molar refractivity (Wildman–Crippen MR) is 101 cm³/mol. The van der Waals surface area contributed by atoms with Crippen molar-refractivity contribution >= 4 is 16.6 Å². The Hall–Kier alpha value is -3.59. The van der Waals surface area contributed by atoms with E-state index in [1.807, 2.05) is 56.4 Å². The summed E-state index contributed by atoms with van der Waals surface area (Å²) in [6.45, 7) is 4.06. The molecular weight excluding hydrogens is 326 g/mol. The fourth-order valence-corrected chi connectivity index (χ4v) is 2.85. The molecule has 2 heterocycles. The molecule has 0 atom stereocenters. The molecule has 0 radical (unpaired) electrons. The fraction of sp³-hybridized carbons (Fsp3) is 0.150. The molecule has 4 aromatic rings. The zero-order valence-electron chi connectivity index (χ0n) is 14.4. The molecular formula is C20H17N5O. The van der Waals surface area contributed by atoms with Crippen LogP contribution >= 0.6 is 0 Å². The highest BCUT2D eigenvalue weighted by Crippen LogP contribution is 2.28. The maximum absolute atomic E-state index is 9.41. The summed E-state index contributed by atoms with van der Waals surface area (Å²) in [7, 11) is 0. The summed E-state index contributed by atoms with van der Waals surface area (Å²) in [5.74, 6) is 0.841. The number of nitriles is 1. The summed E-state index contributed by atoms with van der Waals surface area (Å²) in [6, 6.07) is 15.9. The number of nitrogens with zero attached hydrogens (tertiary/aromatic N) is 3. The molecule has 2 aromatic heterocycles. The SMILES string of the molecule is CC(C)Nc1ccc(-c2nnc(-c3ccc4[nH]ccc4c3)o2)cc1C#N. The van der Waals surface area contributed by atoms with Gasteiger partial charge in [0, 0.05) is 34.3 Å². The van der Waals surface area contributed by atoms with E-state index in [1.54, 1.807) is 6.07 Å². The van der Waals surface area contributed by atoms with Crippen LogP contribution in [0.3, 0.4) is 0 Å². The second kappa shape index (κ2) is 6.37. The van der Waals surface area contributed by atoms with Gasteiger partial charge in [-0.2, -0.15) is 5.26 Å². The summed E-state index contributed by atoms with van der Waals surface area (Å²) in [6.07, 6.45) is 1.89. The zero-order chi connectivity index (χ0) is 18.1. The number of fused-ring (bicyclic) bond motifs is 1. The summed E-state index contributed by atoms with van der Waals surface area (Å²) in [4.78, 5) is 3.16. The van der Waals surface area contributed by atoms with Crippen LogP contribution in [0.1, 0.15) is 19.4 Å². The van der Waals surface area contributed by atoms with Crippen LogP contribution in [-0.4, -0.2) is 21.2 Å². The van der Waals surface area contributed by atoms with E-state index < -0.39 is 0 Å². The molecule has 0 saturated heterocycles. The molecule has 6 heteroatoms. The molecule has 0 aliphatic carbocycles. The van der Waals surface area contributed by atoms with Gasteiger partial charge in [0.1, 0.15) is 6.07 Å². The minimum absolute atomic E-state index is 0.242. The highest BCUT2D eigenvalue weighted by atomic mass is 16.4. The first-order chi connectivity index (χ1) is 12.6. The van der Waals surface area contributed by atoms with E-state index in [0.29, 0.717) is 17.3 Å². The van der Waals surface area contributed by atoms with Crippen LogP contribution in [0.2, 0.25) is 0 Å². The molecule has 0 spiro atoms. The van der Waals surface area contributed by atoms with Gasteiger partial charge in [0.2, 0.25) is 11.8 Å². The van der Waals surface area contributed by atoms with Crippen molar-refractivity contribution in [1.29, 1.82) is 5.26 Å². The van der Waals surface area contributed by atoms with Gasteiger partial charge in [-0.3, -0.25) is 0 Å². The Morgan fingerprint density at radius 1 is 1.04 bits per heavy atom. The third-order valence-electron chi connectivity index (χ3n) is 4.06. The number of anilines is 1. The Bertz CT molecular complexity index is 1120. The lowest BCUT2D eigenvalue weighted by atomic mass is 10.1. The van der Waals surface area contributed by atoms with Crippen LogP contribution in [0.4, 0.5) is 5.69 Å². The Morgan fingerprint density at radius 2 is 1.77 bits per heavy atom. The van der Waals surface area contributed by atoms with Crippen LogP contribution in [0.15, 0.2) is 53.1 Å². The Kier molecular flexibility index (Phi) is 3.90. The molecule has 128 valence electrons. The van der Waals surface area contributed by atoms with Crippen molar-refractivity contribution in [2.45, 2.75) is 19.9 Å². The Morgan fingerprint density at radius 3 is 2.50 bits per heavy atom. The summed E-state index contributed by atoms with van der Waals surface area (Å²) < 4.78 is 5.84. The number of hydrogen-bond acceptors (Lipinski definition) is 5. The normalized spacial score (nSPS) is 11.0. The van der Waals surface area contributed by atoms with Gasteiger partial charge in [0.05, 0.1) is 11.3 Å². The van der Waals surface area contributed by atoms with Gasteiger partial charge >= 0.3 is 0 Å². The quantitative estimate of drug-likeness (QED) is 0.566. The molecule has 26 heavy (non-hydrogen) atoms. The molecule has 0 aliphatic heterocycles. The van der Waals surface area contributed by atoms with Crippen molar-refractivity contribution in [2.75, 3.05) is 5.32 Å². The summed E-state index contributed by atoms with van der Waals surface area (Å²) >= 11 is 0. The standard InChI is InChI=1S/C20H17N5O/c1-12(2)23-18-6-4-15(10-16(18)11-21)20-25-24-19(26-20)14-3-5-17-13(9-14)7-8-22-17/h3-10,12,22-23H,1-2H3. The first-order valence-corrected chi connectivity index (χ1v) is 8.36. The lowest BCUT2D eigenvalue weighted by Gasteiger charge is -2.11. The number of aromatic nitrogens is 3. The average molecular weight is 343 g/mol. The third-order valence-corrected chi connectivity index (χ3v) is 4.06. The van der Waals surface area contributed by atoms with Gasteiger partial charge in [-0.15, -0.1) is 10.2 Å². The van der Waals surface area contributed by atoms with E-state index in [9.17, 15) is 5.26 Å². The summed E-state index contributed by atoms with van der Waals surface area (Å²) in [5.41, 5.74) is 3.97. The van der Waals surface area contributed by atoms with Crippen molar-refractivity contribution in [2.24, 2.45) is 0 Å². The topological polar surface area (TPSA) is 90.5 Å². The van der Waals surface area contributed by atoms with Gasteiger partial charge in [-0.05, 0) is 56.3 Å². The van der Waals surface area contributed by atoms with Gasteiger partial charge in [0.25, 0.3) is 0 Å². The van der Waals surface area contributed by atoms with E-state index in [2.05, 4.69) is 26.6 Å². The van der Waals surface area contributed by atoms with E-state index >= 15 is 0 Å². The minimum atomic E-state index is 0.242. The first kappa shape index (κ1) is 15.9. The van der Waals surface area contributed by atoms with E-state index in [4.69, 9.17) is 4.42 Å².